The van der Waals surface area contributed by atoms with Gasteiger partial charge in [-0.25, -0.2) is 4.79 Å². The smallest absolute Gasteiger partial charge is 0.340 e. The molecule has 2 aromatic carbocycles. The Labute approximate surface area is 194 Å². The van der Waals surface area contributed by atoms with Crippen LogP contribution in [0.2, 0.25) is 0 Å². The molecule has 3 rings (SSSR count). The fourth-order valence-corrected chi connectivity index (χ4v) is 3.84. The average Bonchev–Trinajstić information content (AvgIpc) is 3.06. The van der Waals surface area contributed by atoms with E-state index in [0.717, 1.165) is 5.56 Å². The molecule has 1 heterocycles. The number of benzene rings is 2. The number of allylic oxidation sites excluding steroid dienone is 1. The molecule has 0 bridgehead atoms. The van der Waals surface area contributed by atoms with E-state index in [-0.39, 0.29) is 23.7 Å². The van der Waals surface area contributed by atoms with Crippen molar-refractivity contribution < 1.29 is 28.5 Å². The van der Waals surface area contributed by atoms with E-state index >= 15 is 0 Å². The fraction of sp³-hybridized carbons (Fsp3) is 0.308. The molecule has 0 atom stereocenters. The minimum Gasteiger partial charge on any atom is -0.493 e. The van der Waals surface area contributed by atoms with Gasteiger partial charge in [0.15, 0.2) is 11.5 Å². The Kier molecular flexibility index (Phi) is 7.77. The second-order valence-electron chi connectivity index (χ2n) is 7.39. The molecule has 0 saturated heterocycles. The monoisotopic (exact) mass is 451 g/mol. The van der Waals surface area contributed by atoms with Gasteiger partial charge >= 0.3 is 5.97 Å². The van der Waals surface area contributed by atoms with E-state index in [1.807, 2.05) is 30.3 Å². The molecule has 174 valence electrons. The van der Waals surface area contributed by atoms with E-state index in [4.69, 9.17) is 18.9 Å². The first-order valence-corrected chi connectivity index (χ1v) is 10.7. The van der Waals surface area contributed by atoms with Gasteiger partial charge in [-0.05, 0) is 49.6 Å². The molecule has 7 heteroatoms. The number of hydrogen-bond donors (Lipinski definition) is 0. The Morgan fingerprint density at radius 1 is 1.00 bits per heavy atom. The normalized spacial score (nSPS) is 14.6. The van der Waals surface area contributed by atoms with Crippen LogP contribution in [0.25, 0.3) is 6.08 Å². The zero-order valence-corrected chi connectivity index (χ0v) is 19.6. The average molecular weight is 452 g/mol. The van der Waals surface area contributed by atoms with Crippen LogP contribution in [0, 0.1) is 0 Å². The predicted molar refractivity (Wildman–Crippen MR) is 125 cm³/mol. The van der Waals surface area contributed by atoms with Crippen LogP contribution in [0.4, 0.5) is 0 Å². The lowest BCUT2D eigenvalue weighted by Crippen LogP contribution is -2.27. The van der Waals surface area contributed by atoms with Gasteiger partial charge in [-0.3, -0.25) is 4.79 Å². The number of hydrogen-bond acceptors (Lipinski definition) is 6. The van der Waals surface area contributed by atoms with Gasteiger partial charge in [-0.1, -0.05) is 30.3 Å². The number of carbonyl (C=O) groups is 2. The van der Waals surface area contributed by atoms with E-state index in [1.54, 1.807) is 37.0 Å². The van der Waals surface area contributed by atoms with E-state index in [0.29, 0.717) is 41.5 Å². The van der Waals surface area contributed by atoms with Crippen molar-refractivity contribution in [2.45, 2.75) is 20.3 Å². The number of amides is 1. The van der Waals surface area contributed by atoms with Crippen LogP contribution in [0.15, 0.2) is 59.3 Å². The summed E-state index contributed by atoms with van der Waals surface area (Å²) in [6.45, 7) is 4.17. The van der Waals surface area contributed by atoms with Gasteiger partial charge < -0.3 is 23.8 Å². The van der Waals surface area contributed by atoms with E-state index < -0.39 is 5.97 Å². The van der Waals surface area contributed by atoms with Crippen LogP contribution >= 0.6 is 0 Å². The quantitative estimate of drug-likeness (QED) is 0.424. The highest BCUT2D eigenvalue weighted by Crippen LogP contribution is 2.40. The first-order chi connectivity index (χ1) is 15.9. The third-order valence-electron chi connectivity index (χ3n) is 5.46. The second kappa shape index (κ2) is 10.7. The zero-order chi connectivity index (χ0) is 24.0. The van der Waals surface area contributed by atoms with Gasteiger partial charge in [-0.15, -0.1) is 0 Å². The maximum atomic E-state index is 13.4. The van der Waals surface area contributed by atoms with Gasteiger partial charge in [0.2, 0.25) is 5.75 Å². The maximum Gasteiger partial charge on any atom is 0.340 e. The largest absolute Gasteiger partial charge is 0.493 e. The topological polar surface area (TPSA) is 74.3 Å². The number of carbonyl (C=O) groups excluding carboxylic acids is 2. The molecule has 1 amide bonds. The highest BCUT2D eigenvalue weighted by molar-refractivity contribution is 6.16. The summed E-state index contributed by atoms with van der Waals surface area (Å²) in [5.74, 6) is 0.577. The minimum atomic E-state index is -0.524. The summed E-state index contributed by atoms with van der Waals surface area (Å²) >= 11 is 0. The molecule has 33 heavy (non-hydrogen) atoms. The summed E-state index contributed by atoms with van der Waals surface area (Å²) in [5.41, 5.74) is 2.86. The van der Waals surface area contributed by atoms with Crippen LogP contribution in [-0.2, 0) is 20.7 Å². The summed E-state index contributed by atoms with van der Waals surface area (Å²) in [5, 5.41) is 0. The molecule has 0 aromatic heterocycles. The second-order valence-corrected chi connectivity index (χ2v) is 7.39. The molecule has 0 aliphatic carbocycles. The van der Waals surface area contributed by atoms with Gasteiger partial charge in [0.1, 0.15) is 0 Å². The first-order valence-electron chi connectivity index (χ1n) is 10.7. The van der Waals surface area contributed by atoms with E-state index in [1.165, 1.54) is 21.3 Å². The highest BCUT2D eigenvalue weighted by Gasteiger charge is 2.37. The van der Waals surface area contributed by atoms with Crippen molar-refractivity contribution in [3.05, 3.63) is 70.4 Å². The Morgan fingerprint density at radius 3 is 2.18 bits per heavy atom. The molecule has 0 spiro atoms. The van der Waals surface area contributed by atoms with E-state index in [2.05, 4.69) is 0 Å². The molecule has 7 nitrogen and oxygen atoms in total. The molecule has 0 saturated carbocycles. The van der Waals surface area contributed by atoms with Crippen molar-refractivity contribution in [1.82, 2.24) is 4.90 Å². The lowest BCUT2D eigenvalue weighted by atomic mass is 10.0. The van der Waals surface area contributed by atoms with Crippen molar-refractivity contribution in [3.63, 3.8) is 0 Å². The van der Waals surface area contributed by atoms with Gasteiger partial charge in [-0.2, -0.15) is 0 Å². The Morgan fingerprint density at radius 2 is 1.64 bits per heavy atom. The number of methoxy groups -OCH3 is 3. The summed E-state index contributed by atoms with van der Waals surface area (Å²) in [6.07, 6.45) is 2.32. The molecule has 1 aliphatic heterocycles. The fourth-order valence-electron chi connectivity index (χ4n) is 3.84. The van der Waals surface area contributed by atoms with Crippen LogP contribution in [0.1, 0.15) is 25.0 Å². The van der Waals surface area contributed by atoms with Gasteiger partial charge in [0.25, 0.3) is 5.91 Å². The molecule has 2 aromatic rings. The lowest BCUT2D eigenvalue weighted by molar-refractivity contribution is -0.138. The summed E-state index contributed by atoms with van der Waals surface area (Å²) in [6, 6.07) is 13.4. The number of nitrogens with zero attached hydrogens (tertiary/aromatic N) is 1. The Balaban J connectivity index is 2.03. The lowest BCUT2D eigenvalue weighted by Gasteiger charge is -2.18. The molecular formula is C26H29NO6. The summed E-state index contributed by atoms with van der Waals surface area (Å²) < 4.78 is 21.5. The van der Waals surface area contributed by atoms with Crippen molar-refractivity contribution in [3.8, 4) is 17.2 Å². The number of rotatable bonds is 9. The maximum absolute atomic E-state index is 13.4. The first kappa shape index (κ1) is 23.9. The van der Waals surface area contributed by atoms with Crippen LogP contribution < -0.4 is 14.2 Å². The van der Waals surface area contributed by atoms with Crippen molar-refractivity contribution >= 4 is 18.0 Å². The molecule has 0 fully saturated rings. The Bertz CT molecular complexity index is 1060. The third kappa shape index (κ3) is 5.03. The summed E-state index contributed by atoms with van der Waals surface area (Å²) in [7, 11) is 4.57. The van der Waals surface area contributed by atoms with Crippen molar-refractivity contribution in [2.75, 3.05) is 34.5 Å². The van der Waals surface area contributed by atoms with Gasteiger partial charge in [0, 0.05) is 12.2 Å². The van der Waals surface area contributed by atoms with Crippen LogP contribution in [0.5, 0.6) is 17.2 Å². The molecular weight excluding hydrogens is 422 g/mol. The highest BCUT2D eigenvalue weighted by atomic mass is 16.5. The third-order valence-corrected chi connectivity index (χ3v) is 5.46. The molecule has 0 radical (unpaired) electrons. The molecule has 0 N–H and O–H groups in total. The van der Waals surface area contributed by atoms with Crippen molar-refractivity contribution in [2.24, 2.45) is 0 Å². The zero-order valence-electron chi connectivity index (χ0n) is 19.6. The number of esters is 1. The predicted octanol–water partition coefficient (Wildman–Crippen LogP) is 4.02. The van der Waals surface area contributed by atoms with Gasteiger partial charge in [0.05, 0.1) is 39.1 Å². The Hall–Kier alpha value is -3.74. The number of ether oxygens (including phenoxy) is 4. The van der Waals surface area contributed by atoms with Crippen molar-refractivity contribution in [1.29, 1.82) is 0 Å². The molecule has 0 unspecified atom stereocenters. The summed E-state index contributed by atoms with van der Waals surface area (Å²) in [4.78, 5) is 27.8. The molecule has 1 aliphatic rings. The van der Waals surface area contributed by atoms with Crippen LogP contribution in [0.3, 0.4) is 0 Å². The SMILES string of the molecule is CCOC(=O)C1=C(C)N(CCc2ccccc2)C(=O)/C1=C\c1cc(OC)c(OC)c(OC)c1. The van der Waals surface area contributed by atoms with E-state index in [9.17, 15) is 9.59 Å². The minimum absolute atomic E-state index is 0.214. The standard InChI is InChI=1S/C26H29NO6/c1-6-33-26(29)23-17(2)27(13-12-18-10-8-7-9-11-18)25(28)20(23)14-19-15-21(30-3)24(32-5)22(16-19)31-4/h7-11,14-16H,6,12-13H2,1-5H3/b20-14-. The van der Waals surface area contributed by atoms with Crippen LogP contribution in [-0.4, -0.2) is 51.3 Å².